The molecule has 0 saturated carbocycles. The molecule has 9 nitrogen and oxygen atoms in total. The van der Waals surface area contributed by atoms with Crippen LogP contribution in [0.4, 0.5) is 5.69 Å². The quantitative estimate of drug-likeness (QED) is 0.581. The molecule has 1 aliphatic rings. The highest BCUT2D eigenvalue weighted by Gasteiger charge is 2.26. The van der Waals surface area contributed by atoms with E-state index < -0.39 is 10.0 Å². The van der Waals surface area contributed by atoms with Crippen molar-refractivity contribution in [2.75, 3.05) is 18.4 Å². The Balaban J connectivity index is 1.40. The molecule has 1 aromatic carbocycles. The molecule has 0 spiro atoms. The van der Waals surface area contributed by atoms with Gasteiger partial charge >= 0.3 is 0 Å². The van der Waals surface area contributed by atoms with Gasteiger partial charge in [0.25, 0.3) is 0 Å². The van der Waals surface area contributed by atoms with Crippen LogP contribution in [0.5, 0.6) is 0 Å². The number of carbonyl (C=O) groups is 1. The lowest BCUT2D eigenvalue weighted by Crippen LogP contribution is -2.35. The molecule has 2 aromatic heterocycles. The van der Waals surface area contributed by atoms with Crippen molar-refractivity contribution in [3.05, 3.63) is 54.2 Å². The highest BCUT2D eigenvalue weighted by molar-refractivity contribution is 7.89. The van der Waals surface area contributed by atoms with Crippen molar-refractivity contribution >= 4 is 21.6 Å². The van der Waals surface area contributed by atoms with E-state index >= 15 is 0 Å². The highest BCUT2D eigenvalue weighted by atomic mass is 32.2. The van der Waals surface area contributed by atoms with Crippen LogP contribution in [0.3, 0.4) is 0 Å². The number of piperidine rings is 1. The summed E-state index contributed by atoms with van der Waals surface area (Å²) in [4.78, 5) is 21.0. The zero-order chi connectivity index (χ0) is 22.6. The molecule has 0 aliphatic carbocycles. The van der Waals surface area contributed by atoms with Crippen molar-refractivity contribution in [2.45, 2.75) is 43.9 Å². The number of anilines is 1. The summed E-state index contributed by atoms with van der Waals surface area (Å²) in [6.07, 6.45) is 6.46. The molecule has 1 amide bonds. The molecule has 168 valence electrons. The number of hydrogen-bond acceptors (Lipinski definition) is 7. The third kappa shape index (κ3) is 5.03. The summed E-state index contributed by atoms with van der Waals surface area (Å²) < 4.78 is 32.6. The topological polar surface area (TPSA) is 118 Å². The number of carbonyl (C=O) groups excluding carboxylic acids is 1. The normalized spacial score (nSPS) is 14.9. The average molecular weight is 456 g/mol. The zero-order valence-corrected chi connectivity index (χ0v) is 18.6. The van der Waals surface area contributed by atoms with Gasteiger partial charge in [-0.1, -0.05) is 17.6 Å². The van der Waals surface area contributed by atoms with E-state index in [0.29, 0.717) is 30.5 Å². The van der Waals surface area contributed by atoms with E-state index in [9.17, 15) is 13.2 Å². The first-order chi connectivity index (χ1) is 15.4. The molecule has 1 saturated heterocycles. The number of hydrogen-bond donors (Lipinski definition) is 1. The van der Waals surface area contributed by atoms with E-state index in [1.54, 1.807) is 30.6 Å². The minimum Gasteiger partial charge on any atom is -0.339 e. The second-order valence-corrected chi connectivity index (χ2v) is 9.68. The first kappa shape index (κ1) is 22.1. The van der Waals surface area contributed by atoms with E-state index in [4.69, 9.17) is 4.52 Å². The molecule has 0 bridgehead atoms. The maximum atomic E-state index is 12.9. The Labute approximate surface area is 186 Å². The summed E-state index contributed by atoms with van der Waals surface area (Å²) in [6, 6.07) is 8.44. The maximum absolute atomic E-state index is 12.9. The average Bonchev–Trinajstić information content (AvgIpc) is 3.29. The van der Waals surface area contributed by atoms with Gasteiger partial charge in [0, 0.05) is 49.6 Å². The first-order valence-corrected chi connectivity index (χ1v) is 12.0. The first-order valence-electron chi connectivity index (χ1n) is 10.6. The number of nitrogens with zero attached hydrogens (tertiary/aromatic N) is 4. The minimum absolute atomic E-state index is 0.122. The van der Waals surface area contributed by atoms with Gasteiger partial charge in [0.1, 0.15) is 0 Å². The Morgan fingerprint density at radius 3 is 2.75 bits per heavy atom. The van der Waals surface area contributed by atoms with Crippen LogP contribution in [0.2, 0.25) is 0 Å². The molecule has 1 aliphatic heterocycles. The Kier molecular flexibility index (Phi) is 6.61. The number of sulfonamides is 1. The van der Waals surface area contributed by atoms with Crippen LogP contribution in [0.1, 0.15) is 37.1 Å². The summed E-state index contributed by atoms with van der Waals surface area (Å²) in [5.74, 6) is 0.499. The van der Waals surface area contributed by atoms with Crippen LogP contribution >= 0.6 is 0 Å². The number of pyridine rings is 1. The van der Waals surface area contributed by atoms with Crippen molar-refractivity contribution < 1.29 is 17.7 Å². The molecular weight excluding hydrogens is 430 g/mol. The van der Waals surface area contributed by atoms with Gasteiger partial charge in [-0.25, -0.2) is 8.42 Å². The molecule has 0 unspecified atom stereocenters. The lowest BCUT2D eigenvalue weighted by atomic mass is 10.2. The largest absolute Gasteiger partial charge is 0.339 e. The smallest absolute Gasteiger partial charge is 0.243 e. The number of amides is 1. The monoisotopic (exact) mass is 455 g/mol. The van der Waals surface area contributed by atoms with Crippen molar-refractivity contribution in [3.63, 3.8) is 0 Å². The molecule has 1 N–H and O–H groups in total. The summed E-state index contributed by atoms with van der Waals surface area (Å²) >= 11 is 0. The predicted molar refractivity (Wildman–Crippen MR) is 118 cm³/mol. The zero-order valence-electron chi connectivity index (χ0n) is 17.8. The molecule has 10 heteroatoms. The molecule has 0 radical (unpaired) electrons. The van der Waals surface area contributed by atoms with Crippen molar-refractivity contribution in [1.29, 1.82) is 0 Å². The van der Waals surface area contributed by atoms with E-state index in [1.807, 2.05) is 13.0 Å². The minimum atomic E-state index is -3.57. The van der Waals surface area contributed by atoms with Crippen molar-refractivity contribution in [1.82, 2.24) is 19.4 Å². The third-order valence-corrected chi connectivity index (χ3v) is 7.28. The lowest BCUT2D eigenvalue weighted by Gasteiger charge is -2.26. The van der Waals surface area contributed by atoms with Gasteiger partial charge < -0.3 is 9.84 Å². The third-order valence-electron chi connectivity index (χ3n) is 5.39. The SMILES string of the molecule is Cc1ccc(S(=O)(=O)N2CCCCC2)cc1NC(=O)CCc1nc(-c2cccnc2)no1. The second kappa shape index (κ2) is 9.58. The van der Waals surface area contributed by atoms with Gasteiger partial charge in [-0.3, -0.25) is 9.78 Å². The maximum Gasteiger partial charge on any atom is 0.243 e. The Morgan fingerprint density at radius 2 is 2.00 bits per heavy atom. The summed E-state index contributed by atoms with van der Waals surface area (Å²) in [5, 5.41) is 6.73. The molecular formula is C22H25N5O4S. The van der Waals surface area contributed by atoms with Crippen LogP contribution in [-0.2, 0) is 21.2 Å². The summed E-state index contributed by atoms with van der Waals surface area (Å²) in [5.41, 5.74) is 2.00. The Bertz CT molecular complexity index is 1190. The van der Waals surface area contributed by atoms with Crippen LogP contribution in [-0.4, -0.2) is 46.8 Å². The van der Waals surface area contributed by atoms with Gasteiger partial charge in [-0.15, -0.1) is 0 Å². The fourth-order valence-electron chi connectivity index (χ4n) is 3.55. The van der Waals surface area contributed by atoms with Crippen molar-refractivity contribution in [2.24, 2.45) is 0 Å². The Morgan fingerprint density at radius 1 is 1.19 bits per heavy atom. The summed E-state index contributed by atoms with van der Waals surface area (Å²) in [7, 11) is -3.57. The Hall–Kier alpha value is -3.11. The summed E-state index contributed by atoms with van der Waals surface area (Å²) in [6.45, 7) is 2.89. The lowest BCUT2D eigenvalue weighted by molar-refractivity contribution is -0.116. The molecule has 32 heavy (non-hydrogen) atoms. The van der Waals surface area contributed by atoms with E-state index in [-0.39, 0.29) is 23.6 Å². The fourth-order valence-corrected chi connectivity index (χ4v) is 5.10. The van der Waals surface area contributed by atoms with E-state index in [2.05, 4.69) is 20.4 Å². The van der Waals surface area contributed by atoms with Crippen LogP contribution < -0.4 is 5.32 Å². The van der Waals surface area contributed by atoms with Crippen molar-refractivity contribution in [3.8, 4) is 11.4 Å². The fraction of sp³-hybridized carbons (Fsp3) is 0.364. The second-order valence-electron chi connectivity index (χ2n) is 7.74. The van der Waals surface area contributed by atoms with Gasteiger partial charge in [0.05, 0.1) is 4.90 Å². The van der Waals surface area contributed by atoms with E-state index in [1.165, 1.54) is 10.4 Å². The molecule has 3 aromatic rings. The molecule has 1 fully saturated rings. The van der Waals surface area contributed by atoms with E-state index in [0.717, 1.165) is 30.4 Å². The molecule has 4 rings (SSSR count). The van der Waals surface area contributed by atoms with Crippen LogP contribution in [0.15, 0.2) is 52.1 Å². The van der Waals surface area contributed by atoms with Gasteiger partial charge in [0.15, 0.2) is 0 Å². The molecule has 3 heterocycles. The van der Waals surface area contributed by atoms with Gasteiger partial charge in [-0.2, -0.15) is 9.29 Å². The predicted octanol–water partition coefficient (Wildman–Crippen LogP) is 3.19. The standard InChI is InChI=1S/C22H25N5O4S/c1-16-7-8-18(32(29,30)27-12-3-2-4-13-27)14-19(16)24-20(28)9-10-21-25-22(26-31-21)17-6-5-11-23-15-17/h5-8,11,14-15H,2-4,9-10,12-13H2,1H3,(H,24,28). The molecule has 0 atom stereocenters. The van der Waals surface area contributed by atoms with Gasteiger partial charge in [0.2, 0.25) is 27.6 Å². The number of nitrogens with one attached hydrogen (secondary N) is 1. The van der Waals surface area contributed by atoms with Gasteiger partial charge in [-0.05, 0) is 49.6 Å². The highest BCUT2D eigenvalue weighted by Crippen LogP contribution is 2.25. The number of rotatable bonds is 7. The van der Waals surface area contributed by atoms with Crippen LogP contribution in [0.25, 0.3) is 11.4 Å². The number of aromatic nitrogens is 3. The van der Waals surface area contributed by atoms with Crippen LogP contribution in [0, 0.1) is 6.92 Å². The number of benzene rings is 1. The number of aryl methyl sites for hydroxylation is 2.